The van der Waals surface area contributed by atoms with Gasteiger partial charge in [-0.1, -0.05) is 6.92 Å². The number of pyridine rings is 1. The van der Waals surface area contributed by atoms with Gasteiger partial charge in [-0.15, -0.1) is 5.10 Å². The molecule has 8 nitrogen and oxygen atoms in total. The highest BCUT2D eigenvalue weighted by Crippen LogP contribution is 2.52. The summed E-state index contributed by atoms with van der Waals surface area (Å²) in [5.41, 5.74) is -1.02. The Morgan fingerprint density at radius 1 is 1.29 bits per heavy atom. The highest BCUT2D eigenvalue weighted by molar-refractivity contribution is 5.91. The Balaban J connectivity index is 1.48. The average molecular weight is 474 g/mol. The number of ether oxygens (including phenoxy) is 1. The van der Waals surface area contributed by atoms with Gasteiger partial charge < -0.3 is 9.64 Å². The molecule has 11 heteroatoms. The second-order valence-electron chi connectivity index (χ2n) is 9.26. The van der Waals surface area contributed by atoms with Gasteiger partial charge in [0.2, 0.25) is 0 Å². The van der Waals surface area contributed by atoms with Gasteiger partial charge in [-0.05, 0) is 50.3 Å². The number of anilines is 1. The third-order valence-electron chi connectivity index (χ3n) is 7.11. The summed E-state index contributed by atoms with van der Waals surface area (Å²) in [5.74, 6) is 0.340. The number of nitrogens with one attached hydrogen (secondary N) is 1. The van der Waals surface area contributed by atoms with Crippen LogP contribution in [0.5, 0.6) is 0 Å². The molecule has 0 aromatic carbocycles. The van der Waals surface area contributed by atoms with Crippen LogP contribution in [0.4, 0.5) is 23.8 Å². The Bertz CT molecular complexity index is 1240. The average Bonchev–Trinajstić information content (AvgIpc) is 3.25. The Labute approximate surface area is 194 Å². The van der Waals surface area contributed by atoms with E-state index in [1.54, 1.807) is 30.3 Å². The monoisotopic (exact) mass is 474 g/mol. The van der Waals surface area contributed by atoms with Crippen molar-refractivity contribution in [3.63, 3.8) is 0 Å². The molecule has 4 heterocycles. The zero-order chi connectivity index (χ0) is 24.3. The number of carbonyl (C=O) groups excluding carboxylic acids is 1. The van der Waals surface area contributed by atoms with Gasteiger partial charge in [-0.3, -0.25) is 5.32 Å². The number of halogens is 3. The normalized spacial score (nSPS) is 25.2. The third-order valence-corrected chi connectivity index (χ3v) is 7.11. The molecule has 1 saturated carbocycles. The number of amides is 2. The number of piperidine rings is 1. The van der Waals surface area contributed by atoms with Gasteiger partial charge in [0.1, 0.15) is 5.82 Å². The van der Waals surface area contributed by atoms with Crippen molar-refractivity contribution in [3.05, 3.63) is 42.4 Å². The van der Waals surface area contributed by atoms with Crippen molar-refractivity contribution < 1.29 is 22.7 Å². The van der Waals surface area contributed by atoms with Gasteiger partial charge in [0, 0.05) is 31.1 Å². The summed E-state index contributed by atoms with van der Waals surface area (Å²) >= 11 is 0. The molecule has 1 aliphatic carbocycles. The Morgan fingerprint density at radius 2 is 2.09 bits per heavy atom. The minimum atomic E-state index is -4.66. The van der Waals surface area contributed by atoms with Crippen LogP contribution in [0.2, 0.25) is 0 Å². The predicted molar refractivity (Wildman–Crippen MR) is 118 cm³/mol. The summed E-state index contributed by atoms with van der Waals surface area (Å²) in [5, 5.41) is 6.90. The second kappa shape index (κ2) is 7.93. The third kappa shape index (κ3) is 3.58. The number of rotatable bonds is 4. The maximum Gasteiger partial charge on any atom is 0.418 e. The molecule has 0 radical (unpaired) electrons. The molecule has 1 aliphatic heterocycles. The molecule has 0 unspecified atom stereocenters. The van der Waals surface area contributed by atoms with E-state index in [1.807, 2.05) is 6.92 Å². The van der Waals surface area contributed by atoms with E-state index in [0.29, 0.717) is 17.6 Å². The lowest BCUT2D eigenvalue weighted by molar-refractivity contribution is -0.155. The van der Waals surface area contributed by atoms with Crippen LogP contribution in [-0.2, 0) is 10.9 Å². The highest BCUT2D eigenvalue weighted by Gasteiger charge is 2.61. The van der Waals surface area contributed by atoms with E-state index in [-0.39, 0.29) is 29.4 Å². The zero-order valence-electron chi connectivity index (χ0n) is 19.0. The lowest BCUT2D eigenvalue weighted by Crippen LogP contribution is -2.76. The molecule has 2 amide bonds. The van der Waals surface area contributed by atoms with Crippen molar-refractivity contribution in [1.82, 2.24) is 24.5 Å². The summed E-state index contributed by atoms with van der Waals surface area (Å²) in [6.45, 7) is 4.10. The second-order valence-corrected chi connectivity index (χ2v) is 9.26. The SMILES string of the molecule is CO[C@H](C)[C@]12C[C@@H](C)C[C@H](C1)N2C(=O)Nc1cc(-c2ncc3cccn3n2)c(C(F)(F)F)cn1. The van der Waals surface area contributed by atoms with Crippen molar-refractivity contribution in [2.24, 2.45) is 5.92 Å². The fourth-order valence-corrected chi connectivity index (χ4v) is 5.55. The van der Waals surface area contributed by atoms with Crippen LogP contribution in [0.15, 0.2) is 36.8 Å². The molecule has 1 saturated heterocycles. The number of carbonyl (C=O) groups is 1. The number of hydrogen-bond acceptors (Lipinski definition) is 5. The summed E-state index contributed by atoms with van der Waals surface area (Å²) in [6.07, 6.45) is 1.47. The first kappa shape index (κ1) is 22.6. The molecule has 5 rings (SSSR count). The summed E-state index contributed by atoms with van der Waals surface area (Å²) in [6, 6.07) is 4.31. The molecular weight excluding hydrogens is 449 g/mol. The number of likely N-dealkylation sites (tertiary alicyclic amines) is 1. The predicted octanol–water partition coefficient (Wildman–Crippen LogP) is 4.62. The quantitative estimate of drug-likeness (QED) is 0.597. The van der Waals surface area contributed by atoms with Crippen LogP contribution in [0.3, 0.4) is 0 Å². The molecule has 2 aliphatic rings. The molecule has 3 aromatic heterocycles. The minimum Gasteiger partial charge on any atom is -0.379 e. The van der Waals surface area contributed by atoms with Crippen LogP contribution >= 0.6 is 0 Å². The van der Waals surface area contributed by atoms with E-state index < -0.39 is 23.3 Å². The maximum atomic E-state index is 13.7. The fourth-order valence-electron chi connectivity index (χ4n) is 5.55. The van der Waals surface area contributed by atoms with Gasteiger partial charge in [0.25, 0.3) is 0 Å². The number of hydrogen-bond donors (Lipinski definition) is 1. The number of methoxy groups -OCH3 is 1. The topological polar surface area (TPSA) is 84.7 Å². The first-order chi connectivity index (χ1) is 16.1. The number of fused-ring (bicyclic) bond motifs is 3. The van der Waals surface area contributed by atoms with Crippen LogP contribution in [0.1, 0.15) is 38.7 Å². The zero-order valence-corrected chi connectivity index (χ0v) is 19.0. The molecule has 1 N–H and O–H groups in total. The van der Waals surface area contributed by atoms with Gasteiger partial charge in [-0.25, -0.2) is 19.3 Å². The first-order valence-electron chi connectivity index (χ1n) is 11.1. The van der Waals surface area contributed by atoms with Crippen LogP contribution in [-0.4, -0.2) is 55.3 Å². The molecule has 0 spiro atoms. The molecule has 3 aromatic rings. The van der Waals surface area contributed by atoms with Crippen LogP contribution < -0.4 is 5.32 Å². The fraction of sp³-hybridized carbons (Fsp3) is 0.478. The number of aromatic nitrogens is 4. The molecular formula is C23H25F3N6O2. The van der Waals surface area contributed by atoms with Crippen molar-refractivity contribution in [2.75, 3.05) is 12.4 Å². The Hall–Kier alpha value is -3.21. The minimum absolute atomic E-state index is 0.00226. The van der Waals surface area contributed by atoms with E-state index in [1.165, 1.54) is 16.8 Å². The number of nitrogens with zero attached hydrogens (tertiary/aromatic N) is 5. The largest absolute Gasteiger partial charge is 0.418 e. The summed E-state index contributed by atoms with van der Waals surface area (Å²) in [7, 11) is 1.62. The summed E-state index contributed by atoms with van der Waals surface area (Å²) in [4.78, 5) is 23.0. The highest BCUT2D eigenvalue weighted by atomic mass is 19.4. The smallest absolute Gasteiger partial charge is 0.379 e. The van der Waals surface area contributed by atoms with E-state index in [4.69, 9.17) is 4.74 Å². The molecule has 34 heavy (non-hydrogen) atoms. The van der Waals surface area contributed by atoms with Crippen LogP contribution in [0, 0.1) is 5.92 Å². The lowest BCUT2D eigenvalue weighted by Gasteiger charge is -2.65. The van der Waals surface area contributed by atoms with E-state index in [0.717, 1.165) is 19.3 Å². The molecule has 2 bridgehead atoms. The molecule has 2 fully saturated rings. The maximum absolute atomic E-state index is 13.7. The van der Waals surface area contributed by atoms with Crippen molar-refractivity contribution in [3.8, 4) is 11.4 Å². The van der Waals surface area contributed by atoms with Gasteiger partial charge in [-0.2, -0.15) is 13.2 Å². The number of alkyl halides is 3. The molecule has 180 valence electrons. The van der Waals surface area contributed by atoms with Gasteiger partial charge >= 0.3 is 12.2 Å². The Kier molecular flexibility index (Phi) is 5.27. The molecule has 4 atom stereocenters. The van der Waals surface area contributed by atoms with E-state index in [9.17, 15) is 18.0 Å². The van der Waals surface area contributed by atoms with E-state index in [2.05, 4.69) is 27.3 Å². The van der Waals surface area contributed by atoms with Crippen molar-refractivity contribution in [1.29, 1.82) is 0 Å². The van der Waals surface area contributed by atoms with Crippen molar-refractivity contribution in [2.45, 2.75) is 57.0 Å². The van der Waals surface area contributed by atoms with Gasteiger partial charge in [0.05, 0.1) is 28.9 Å². The van der Waals surface area contributed by atoms with Gasteiger partial charge in [0.15, 0.2) is 5.82 Å². The Morgan fingerprint density at radius 3 is 2.82 bits per heavy atom. The van der Waals surface area contributed by atoms with Crippen LogP contribution in [0.25, 0.3) is 16.9 Å². The number of urea groups is 1. The van der Waals surface area contributed by atoms with E-state index >= 15 is 0 Å². The standard InChI is InChI=1S/C23H25F3N6O2/c1-13-7-16-10-22(9-13,14(2)34-3)32(16)21(33)29-19-8-17(18(12-27-19)23(24,25)26)20-28-11-15-5-4-6-31(15)30-20/h4-6,8,11-14,16H,7,9-10H2,1-3H3,(H,27,29,33)/t13-,14+,16+,22-/m0/s1. The first-order valence-corrected chi connectivity index (χ1v) is 11.1. The van der Waals surface area contributed by atoms with Crippen molar-refractivity contribution >= 4 is 17.4 Å². The lowest BCUT2D eigenvalue weighted by atomic mass is 9.62. The summed E-state index contributed by atoms with van der Waals surface area (Å²) < 4.78 is 48.2.